The van der Waals surface area contributed by atoms with Crippen molar-refractivity contribution in [3.05, 3.63) is 34.9 Å². The van der Waals surface area contributed by atoms with Crippen LogP contribution in [0.25, 0.3) is 0 Å². The van der Waals surface area contributed by atoms with Crippen LogP contribution >= 0.6 is 11.6 Å². The molecule has 7 nitrogen and oxygen atoms in total. The van der Waals surface area contributed by atoms with Crippen LogP contribution < -0.4 is 4.72 Å². The van der Waals surface area contributed by atoms with Crippen LogP contribution in [0.3, 0.4) is 0 Å². The standard InChI is InChI=1S/C20H26ClN3O4S/c1-20(8-9-20)22-29(27,28)15-6-7-17-16(11-15)18(25)23(2)19(26)24(17)12-13-4-3-5-14(21)10-13/h3-5,10,15-17,22H,6-9,11-12H2,1-2H3. The highest BCUT2D eigenvalue weighted by Gasteiger charge is 2.51. The lowest BCUT2D eigenvalue weighted by Crippen LogP contribution is -2.62. The molecule has 3 aliphatic rings. The monoisotopic (exact) mass is 439 g/mol. The fourth-order valence-corrected chi connectivity index (χ4v) is 6.62. The van der Waals surface area contributed by atoms with E-state index < -0.39 is 21.2 Å². The zero-order valence-corrected chi connectivity index (χ0v) is 18.2. The molecule has 0 aromatic heterocycles. The molecule has 3 amide bonds. The normalized spacial score (nSPS) is 29.0. The molecule has 3 fully saturated rings. The Labute approximate surface area is 176 Å². The van der Waals surface area contributed by atoms with E-state index in [0.29, 0.717) is 24.4 Å². The Morgan fingerprint density at radius 3 is 2.62 bits per heavy atom. The van der Waals surface area contributed by atoms with E-state index in [4.69, 9.17) is 11.6 Å². The first-order valence-electron chi connectivity index (χ1n) is 9.95. The molecule has 29 heavy (non-hydrogen) atoms. The van der Waals surface area contributed by atoms with E-state index >= 15 is 0 Å². The minimum Gasteiger partial charge on any atom is -0.316 e. The van der Waals surface area contributed by atoms with Crippen molar-refractivity contribution >= 4 is 33.6 Å². The number of nitrogens with one attached hydrogen (secondary N) is 1. The summed E-state index contributed by atoms with van der Waals surface area (Å²) in [6.45, 7) is 2.24. The van der Waals surface area contributed by atoms with Crippen molar-refractivity contribution in [3.63, 3.8) is 0 Å². The molecule has 0 bridgehead atoms. The van der Waals surface area contributed by atoms with E-state index in [0.717, 1.165) is 23.3 Å². The maximum atomic E-state index is 12.8. The molecule has 1 aromatic carbocycles. The molecule has 1 aromatic rings. The molecular formula is C20H26ClN3O4S. The summed E-state index contributed by atoms with van der Waals surface area (Å²) in [5.74, 6) is -0.806. The molecule has 4 rings (SSSR count). The molecule has 3 unspecified atom stereocenters. The van der Waals surface area contributed by atoms with Gasteiger partial charge in [0.2, 0.25) is 15.9 Å². The third kappa shape index (κ3) is 4.02. The van der Waals surface area contributed by atoms with Crippen LogP contribution in [0.1, 0.15) is 44.6 Å². The second-order valence-corrected chi connectivity index (χ2v) is 11.2. The van der Waals surface area contributed by atoms with Crippen LogP contribution in [0.15, 0.2) is 24.3 Å². The van der Waals surface area contributed by atoms with E-state index in [1.807, 2.05) is 19.1 Å². The van der Waals surface area contributed by atoms with Gasteiger partial charge in [-0.1, -0.05) is 23.7 Å². The molecule has 1 saturated heterocycles. The van der Waals surface area contributed by atoms with Gasteiger partial charge in [-0.15, -0.1) is 0 Å². The Hall–Kier alpha value is -1.64. The third-order valence-electron chi connectivity index (χ3n) is 6.42. The zero-order chi connectivity index (χ0) is 21.0. The van der Waals surface area contributed by atoms with Gasteiger partial charge in [0, 0.05) is 30.2 Å². The molecule has 9 heteroatoms. The lowest BCUT2D eigenvalue weighted by atomic mass is 9.80. The predicted octanol–water partition coefficient (Wildman–Crippen LogP) is 2.74. The first-order chi connectivity index (χ1) is 13.6. The quantitative estimate of drug-likeness (QED) is 0.764. The van der Waals surface area contributed by atoms with Crippen LogP contribution in [0.4, 0.5) is 4.79 Å². The number of fused-ring (bicyclic) bond motifs is 1. The number of urea groups is 1. The molecule has 3 atom stereocenters. The summed E-state index contributed by atoms with van der Waals surface area (Å²) in [5.41, 5.74) is 0.544. The summed E-state index contributed by atoms with van der Waals surface area (Å²) >= 11 is 6.07. The zero-order valence-electron chi connectivity index (χ0n) is 16.6. The van der Waals surface area contributed by atoms with Gasteiger partial charge in [-0.25, -0.2) is 17.9 Å². The highest BCUT2D eigenvalue weighted by atomic mass is 35.5. The Kier molecular flexibility index (Phi) is 5.16. The summed E-state index contributed by atoms with van der Waals surface area (Å²) in [7, 11) is -2.04. The van der Waals surface area contributed by atoms with Crippen LogP contribution in [0, 0.1) is 5.92 Å². The number of hydrogen-bond donors (Lipinski definition) is 1. The number of hydrogen-bond acceptors (Lipinski definition) is 4. The van der Waals surface area contributed by atoms with Crippen molar-refractivity contribution < 1.29 is 18.0 Å². The largest absolute Gasteiger partial charge is 0.327 e. The summed E-state index contributed by atoms with van der Waals surface area (Å²) in [6, 6.07) is 6.64. The number of carbonyl (C=O) groups excluding carboxylic acids is 2. The highest BCUT2D eigenvalue weighted by molar-refractivity contribution is 7.90. The number of nitrogens with zero attached hydrogens (tertiary/aromatic N) is 2. The highest BCUT2D eigenvalue weighted by Crippen LogP contribution is 2.40. The summed E-state index contributed by atoms with van der Waals surface area (Å²) in [4.78, 5) is 28.5. The maximum Gasteiger partial charge on any atom is 0.327 e. The second-order valence-electron chi connectivity index (χ2n) is 8.75. The minimum absolute atomic E-state index is 0.235. The van der Waals surface area contributed by atoms with Crippen LogP contribution in [0.5, 0.6) is 0 Å². The first-order valence-corrected chi connectivity index (χ1v) is 11.9. The van der Waals surface area contributed by atoms with Gasteiger partial charge in [0.05, 0.1) is 11.2 Å². The molecule has 1 N–H and O–H groups in total. The van der Waals surface area contributed by atoms with Gasteiger partial charge in [-0.05, 0) is 56.7 Å². The fraction of sp³-hybridized carbons (Fsp3) is 0.600. The second kappa shape index (κ2) is 7.25. The Balaban J connectivity index is 1.55. The van der Waals surface area contributed by atoms with Gasteiger partial charge >= 0.3 is 6.03 Å². The van der Waals surface area contributed by atoms with Crippen LogP contribution in [-0.4, -0.2) is 54.0 Å². The van der Waals surface area contributed by atoms with Gasteiger partial charge in [-0.2, -0.15) is 0 Å². The van der Waals surface area contributed by atoms with Crippen LogP contribution in [0.2, 0.25) is 5.02 Å². The molecule has 1 heterocycles. The molecular weight excluding hydrogens is 414 g/mol. The van der Waals surface area contributed by atoms with Gasteiger partial charge in [0.1, 0.15) is 0 Å². The number of benzene rings is 1. The van der Waals surface area contributed by atoms with Crippen molar-refractivity contribution in [1.29, 1.82) is 0 Å². The molecule has 2 aliphatic carbocycles. The maximum absolute atomic E-state index is 12.8. The van der Waals surface area contributed by atoms with Crippen LogP contribution in [-0.2, 0) is 21.4 Å². The average Bonchev–Trinajstić information content (AvgIpc) is 3.39. The van der Waals surface area contributed by atoms with Gasteiger partial charge in [-0.3, -0.25) is 9.69 Å². The molecule has 2 saturated carbocycles. The van der Waals surface area contributed by atoms with E-state index in [1.54, 1.807) is 17.0 Å². The Morgan fingerprint density at radius 1 is 1.24 bits per heavy atom. The summed E-state index contributed by atoms with van der Waals surface area (Å²) < 4.78 is 28.5. The lowest BCUT2D eigenvalue weighted by molar-refractivity contribution is -0.139. The van der Waals surface area contributed by atoms with Crippen molar-refractivity contribution in [1.82, 2.24) is 14.5 Å². The summed E-state index contributed by atoms with van der Waals surface area (Å²) in [6.07, 6.45) is 2.84. The fourth-order valence-electron chi connectivity index (χ4n) is 4.45. The van der Waals surface area contributed by atoms with E-state index in [-0.39, 0.29) is 29.9 Å². The average molecular weight is 440 g/mol. The molecule has 1 aliphatic heterocycles. The van der Waals surface area contributed by atoms with E-state index in [2.05, 4.69) is 4.72 Å². The third-order valence-corrected chi connectivity index (χ3v) is 8.73. The number of sulfonamides is 1. The van der Waals surface area contributed by atoms with Crippen molar-refractivity contribution in [2.75, 3.05) is 7.05 Å². The smallest absolute Gasteiger partial charge is 0.316 e. The minimum atomic E-state index is -3.51. The van der Waals surface area contributed by atoms with Crippen molar-refractivity contribution in [2.24, 2.45) is 5.92 Å². The first kappa shape index (κ1) is 20.6. The van der Waals surface area contributed by atoms with Crippen molar-refractivity contribution in [3.8, 4) is 0 Å². The summed E-state index contributed by atoms with van der Waals surface area (Å²) in [5, 5.41) is -0.0258. The number of imide groups is 1. The lowest BCUT2D eigenvalue weighted by Gasteiger charge is -2.47. The number of rotatable bonds is 5. The van der Waals surface area contributed by atoms with E-state index in [1.165, 1.54) is 7.05 Å². The Morgan fingerprint density at radius 2 is 1.97 bits per heavy atom. The number of amides is 3. The topological polar surface area (TPSA) is 86.8 Å². The van der Waals surface area contributed by atoms with Gasteiger partial charge in [0.15, 0.2) is 0 Å². The molecule has 158 valence electrons. The van der Waals surface area contributed by atoms with Gasteiger partial charge in [0.25, 0.3) is 0 Å². The number of carbonyl (C=O) groups is 2. The molecule has 0 radical (unpaired) electrons. The SMILES string of the molecule is CN1C(=O)C2CC(S(=O)(=O)NC3(C)CC3)CCC2N(Cc2cccc(Cl)c2)C1=O. The number of halogens is 1. The van der Waals surface area contributed by atoms with Gasteiger partial charge < -0.3 is 4.90 Å². The molecule has 0 spiro atoms. The Bertz CT molecular complexity index is 947. The van der Waals surface area contributed by atoms with Crippen molar-refractivity contribution in [2.45, 2.75) is 62.4 Å². The predicted molar refractivity (Wildman–Crippen MR) is 110 cm³/mol. The van der Waals surface area contributed by atoms with E-state index in [9.17, 15) is 18.0 Å².